The van der Waals surface area contributed by atoms with Gasteiger partial charge in [-0.05, 0) is 60.7 Å². The van der Waals surface area contributed by atoms with E-state index in [1.807, 2.05) is 54.2 Å². The van der Waals surface area contributed by atoms with Gasteiger partial charge >= 0.3 is 5.97 Å². The van der Waals surface area contributed by atoms with E-state index in [-0.39, 0.29) is 5.69 Å². The van der Waals surface area contributed by atoms with E-state index in [4.69, 9.17) is 9.72 Å². The van der Waals surface area contributed by atoms with Gasteiger partial charge in [0.1, 0.15) is 23.7 Å². The Balaban J connectivity index is 1.18. The molecule has 0 bridgehead atoms. The molecule has 0 aliphatic carbocycles. The van der Waals surface area contributed by atoms with Crippen molar-refractivity contribution < 1.29 is 14.6 Å². The summed E-state index contributed by atoms with van der Waals surface area (Å²) in [5, 5.41) is 13.8. The highest BCUT2D eigenvalue weighted by Crippen LogP contribution is 2.34. The molecule has 0 saturated heterocycles. The summed E-state index contributed by atoms with van der Waals surface area (Å²) in [6.45, 7) is 8.34. The van der Waals surface area contributed by atoms with Crippen LogP contribution in [-0.4, -0.2) is 46.8 Å². The van der Waals surface area contributed by atoms with Crippen LogP contribution in [0.4, 0.5) is 0 Å². The largest absolute Gasteiger partial charge is 0.488 e. The third-order valence-electron chi connectivity index (χ3n) is 7.84. The molecule has 6 rings (SSSR count). The minimum absolute atomic E-state index is 0.110. The molecule has 1 N–H and O–H groups in total. The molecule has 2 aromatic carbocycles. The smallest absolute Gasteiger partial charge is 0.354 e. The number of fused-ring (bicyclic) bond motifs is 1. The number of carbonyl (C=O) groups is 1. The summed E-state index contributed by atoms with van der Waals surface area (Å²) < 4.78 is 9.97. The number of rotatable bonds is 9. The molecule has 0 radical (unpaired) electrons. The Morgan fingerprint density at radius 1 is 1.02 bits per heavy atom. The molecule has 0 fully saturated rings. The molecular formula is C33H34N6O3. The van der Waals surface area contributed by atoms with Crippen LogP contribution >= 0.6 is 0 Å². The second-order valence-electron chi connectivity index (χ2n) is 10.7. The van der Waals surface area contributed by atoms with Gasteiger partial charge in [-0.2, -0.15) is 5.10 Å². The van der Waals surface area contributed by atoms with Crippen molar-refractivity contribution in [3.05, 3.63) is 107 Å². The summed E-state index contributed by atoms with van der Waals surface area (Å²) in [5.41, 5.74) is 8.48. The third kappa shape index (κ3) is 5.56. The summed E-state index contributed by atoms with van der Waals surface area (Å²) in [4.78, 5) is 23.1. The molecule has 3 aromatic heterocycles. The van der Waals surface area contributed by atoms with Crippen LogP contribution in [0.15, 0.2) is 73.2 Å². The standard InChI is InChI=1S/C33H34N6O3/c1-4-39-19-24(16-35-39)18-38-14-13-25-15-23(11-12-26(25)20-38)21-42-31-22(2)7-5-8-27(31)28-9-6-10-29(36-28)32-34-17-30(33(40)41)37(32)3/h5-12,15-17,19H,4,13-14,18,20-21H2,1-3H3,(H,40,41). The van der Waals surface area contributed by atoms with Gasteiger partial charge in [-0.3, -0.25) is 9.58 Å². The number of ether oxygens (including phenoxy) is 1. The van der Waals surface area contributed by atoms with Gasteiger partial charge in [-0.25, -0.2) is 14.8 Å². The Kier molecular flexibility index (Phi) is 7.58. The van der Waals surface area contributed by atoms with Gasteiger partial charge < -0.3 is 14.4 Å². The predicted molar refractivity (Wildman–Crippen MR) is 160 cm³/mol. The molecule has 0 unspecified atom stereocenters. The fourth-order valence-corrected chi connectivity index (χ4v) is 5.57. The van der Waals surface area contributed by atoms with Crippen LogP contribution in [0, 0.1) is 6.92 Å². The van der Waals surface area contributed by atoms with Crippen molar-refractivity contribution in [2.24, 2.45) is 7.05 Å². The number of carboxylic acid groups (broad SMARTS) is 1. The zero-order valence-electron chi connectivity index (χ0n) is 24.1. The molecule has 4 heterocycles. The first kappa shape index (κ1) is 27.4. The topological polar surface area (TPSA) is 98.3 Å². The quantitative estimate of drug-likeness (QED) is 0.253. The molecule has 1 aliphatic heterocycles. The van der Waals surface area contributed by atoms with Crippen molar-refractivity contribution in [2.75, 3.05) is 6.54 Å². The van der Waals surface area contributed by atoms with Gasteiger partial charge in [0.2, 0.25) is 0 Å². The SMILES string of the molecule is CCn1cc(CN2CCc3cc(COc4c(C)cccc4-c4cccc(-c5ncc(C(=O)O)n5C)n4)ccc3C2)cn1. The van der Waals surface area contributed by atoms with Gasteiger partial charge in [0.15, 0.2) is 5.82 Å². The number of benzene rings is 2. The number of pyridine rings is 1. The van der Waals surface area contributed by atoms with E-state index in [9.17, 15) is 9.90 Å². The Labute approximate surface area is 245 Å². The maximum absolute atomic E-state index is 11.5. The predicted octanol–water partition coefficient (Wildman–Crippen LogP) is 5.51. The lowest BCUT2D eigenvalue weighted by molar-refractivity contribution is 0.0686. The second kappa shape index (κ2) is 11.6. The van der Waals surface area contributed by atoms with Gasteiger partial charge in [-0.15, -0.1) is 0 Å². The summed E-state index contributed by atoms with van der Waals surface area (Å²) in [7, 11) is 1.68. The maximum Gasteiger partial charge on any atom is 0.354 e. The van der Waals surface area contributed by atoms with Crippen LogP contribution in [0.3, 0.4) is 0 Å². The Bertz CT molecular complexity index is 1750. The summed E-state index contributed by atoms with van der Waals surface area (Å²) in [6, 6.07) is 18.4. The number of nitrogens with zero attached hydrogens (tertiary/aromatic N) is 6. The molecular weight excluding hydrogens is 528 g/mol. The van der Waals surface area contributed by atoms with Crippen molar-refractivity contribution in [2.45, 2.75) is 46.5 Å². The molecule has 9 heteroatoms. The van der Waals surface area contributed by atoms with Crippen LogP contribution < -0.4 is 4.74 Å². The molecule has 5 aromatic rings. The van der Waals surface area contributed by atoms with E-state index in [1.165, 1.54) is 27.5 Å². The molecule has 42 heavy (non-hydrogen) atoms. The minimum atomic E-state index is -1.03. The van der Waals surface area contributed by atoms with E-state index < -0.39 is 5.97 Å². The molecule has 0 spiro atoms. The van der Waals surface area contributed by atoms with E-state index in [0.29, 0.717) is 18.1 Å². The average Bonchev–Trinajstić information content (AvgIpc) is 3.62. The van der Waals surface area contributed by atoms with Crippen LogP contribution in [0.2, 0.25) is 0 Å². The molecule has 0 amide bonds. The van der Waals surface area contributed by atoms with Crippen molar-refractivity contribution >= 4 is 5.97 Å². The molecule has 9 nitrogen and oxygen atoms in total. The Morgan fingerprint density at radius 3 is 2.64 bits per heavy atom. The monoisotopic (exact) mass is 562 g/mol. The van der Waals surface area contributed by atoms with E-state index in [1.54, 1.807) is 7.05 Å². The van der Waals surface area contributed by atoms with Crippen LogP contribution in [0.5, 0.6) is 5.75 Å². The van der Waals surface area contributed by atoms with Crippen molar-refractivity contribution in [3.8, 4) is 28.5 Å². The number of hydrogen-bond acceptors (Lipinski definition) is 6. The fourth-order valence-electron chi connectivity index (χ4n) is 5.57. The number of carboxylic acids is 1. The highest BCUT2D eigenvalue weighted by atomic mass is 16.5. The summed E-state index contributed by atoms with van der Waals surface area (Å²) in [6.07, 6.45) is 6.47. The zero-order chi connectivity index (χ0) is 29.2. The molecule has 0 saturated carbocycles. The summed E-state index contributed by atoms with van der Waals surface area (Å²) >= 11 is 0. The van der Waals surface area contributed by atoms with Crippen LogP contribution in [0.1, 0.15) is 45.2 Å². The van der Waals surface area contributed by atoms with Crippen LogP contribution in [0.25, 0.3) is 22.8 Å². The lowest BCUT2D eigenvalue weighted by Crippen LogP contribution is -2.30. The summed E-state index contributed by atoms with van der Waals surface area (Å²) in [5.74, 6) is 0.249. The van der Waals surface area contributed by atoms with Gasteiger partial charge in [0.25, 0.3) is 0 Å². The number of aromatic nitrogens is 5. The van der Waals surface area contributed by atoms with E-state index in [2.05, 4.69) is 46.3 Å². The number of aryl methyl sites for hydroxylation is 2. The highest BCUT2D eigenvalue weighted by molar-refractivity contribution is 5.86. The van der Waals surface area contributed by atoms with Gasteiger partial charge in [0, 0.05) is 50.6 Å². The molecule has 1 aliphatic rings. The number of para-hydroxylation sites is 1. The van der Waals surface area contributed by atoms with Crippen LogP contribution in [-0.2, 0) is 39.7 Å². The second-order valence-corrected chi connectivity index (χ2v) is 10.7. The van der Waals surface area contributed by atoms with Gasteiger partial charge in [-0.1, -0.05) is 36.4 Å². The number of imidazole rings is 1. The van der Waals surface area contributed by atoms with Crippen molar-refractivity contribution in [1.82, 2.24) is 29.2 Å². The number of aromatic carboxylic acids is 1. The van der Waals surface area contributed by atoms with E-state index >= 15 is 0 Å². The first-order valence-electron chi connectivity index (χ1n) is 14.2. The van der Waals surface area contributed by atoms with Crippen molar-refractivity contribution in [1.29, 1.82) is 0 Å². The minimum Gasteiger partial charge on any atom is -0.488 e. The Morgan fingerprint density at radius 2 is 1.86 bits per heavy atom. The maximum atomic E-state index is 11.5. The van der Waals surface area contributed by atoms with E-state index in [0.717, 1.165) is 60.7 Å². The lowest BCUT2D eigenvalue weighted by Gasteiger charge is -2.28. The first-order chi connectivity index (χ1) is 20.4. The average molecular weight is 563 g/mol. The Hall–Kier alpha value is -4.76. The molecule has 0 atom stereocenters. The normalized spacial score (nSPS) is 13.2. The first-order valence-corrected chi connectivity index (χ1v) is 14.2. The highest BCUT2D eigenvalue weighted by Gasteiger charge is 2.19. The fraction of sp³-hybridized carbons (Fsp3) is 0.273. The van der Waals surface area contributed by atoms with Crippen molar-refractivity contribution in [3.63, 3.8) is 0 Å². The lowest BCUT2D eigenvalue weighted by atomic mass is 9.97. The third-order valence-corrected chi connectivity index (χ3v) is 7.84. The zero-order valence-corrected chi connectivity index (χ0v) is 24.1. The molecule has 214 valence electrons. The van der Waals surface area contributed by atoms with Gasteiger partial charge in [0.05, 0.1) is 18.1 Å². The number of hydrogen-bond donors (Lipinski definition) is 1.